The van der Waals surface area contributed by atoms with Crippen LogP contribution in [0.2, 0.25) is 0 Å². The van der Waals surface area contributed by atoms with Gasteiger partial charge in [-0.15, -0.1) is 0 Å². The van der Waals surface area contributed by atoms with Crippen LogP contribution in [0.4, 0.5) is 0 Å². The summed E-state index contributed by atoms with van der Waals surface area (Å²) in [5.41, 5.74) is -4.05. The quantitative estimate of drug-likeness (QED) is 0.139. The Morgan fingerprint density at radius 1 is 0.738 bits per heavy atom. The zero-order valence-corrected chi connectivity index (χ0v) is 34.6. The highest BCUT2D eigenvalue weighted by Gasteiger charge is 2.52. The molecule has 2 N–H and O–H groups in total. The number of oxazole rings is 2. The van der Waals surface area contributed by atoms with Crippen molar-refractivity contribution in [1.82, 2.24) is 9.97 Å². The summed E-state index contributed by atoms with van der Waals surface area (Å²) in [6.45, 7) is 6.09. The van der Waals surface area contributed by atoms with Crippen molar-refractivity contribution < 1.29 is 71.5 Å². The molecule has 0 saturated heterocycles. The van der Waals surface area contributed by atoms with Crippen LogP contribution >= 0.6 is 0 Å². The first-order valence-corrected chi connectivity index (χ1v) is 19.0. The second-order valence-corrected chi connectivity index (χ2v) is 13.6. The van der Waals surface area contributed by atoms with Crippen molar-refractivity contribution >= 4 is 48.0 Å². The standard InChI is InChI=1S/C44H50N2O15/c1-7-19-31(47)43(3,41(53)55-5)33-21-15-11-9-13-17-24-36-46-30(28-58-36)40(52)61-34(22-16-12-10-14-18-23-35-45-29(27-57-35)39(51)60-33)44(4,42(54)56-6)32(20-8-2)59-38(50)26-25-37(48)49/h7-20,23-24,27-28,31-34,47H,21-22,25-26H2,1-6H3,(H,48,49). The molecule has 1 aliphatic rings. The van der Waals surface area contributed by atoms with Gasteiger partial charge in [0, 0.05) is 25.0 Å². The number of hydrogen-bond donors (Lipinski definition) is 2. The fourth-order valence-electron chi connectivity index (χ4n) is 5.86. The molecule has 4 bridgehead atoms. The molecular weight excluding hydrogens is 796 g/mol. The summed E-state index contributed by atoms with van der Waals surface area (Å²) < 4.78 is 38.3. The number of aromatic nitrogens is 2. The van der Waals surface area contributed by atoms with E-state index in [9.17, 15) is 33.9 Å². The van der Waals surface area contributed by atoms with E-state index in [4.69, 9.17) is 37.6 Å². The first-order valence-electron chi connectivity index (χ1n) is 19.0. The molecule has 0 saturated carbocycles. The van der Waals surface area contributed by atoms with E-state index in [-0.39, 0.29) is 36.0 Å². The number of nitrogens with zero attached hydrogens (tertiary/aromatic N) is 2. The molecule has 3 rings (SSSR count). The second kappa shape index (κ2) is 23.6. The highest BCUT2D eigenvalue weighted by molar-refractivity contribution is 5.89. The van der Waals surface area contributed by atoms with Crippen LogP contribution in [0.15, 0.2) is 106 Å². The number of carboxylic acids is 1. The molecule has 0 aliphatic carbocycles. The van der Waals surface area contributed by atoms with Gasteiger partial charge in [-0.1, -0.05) is 79.0 Å². The Morgan fingerprint density at radius 3 is 1.66 bits per heavy atom. The Labute approximate surface area is 352 Å². The molecule has 61 heavy (non-hydrogen) atoms. The number of aliphatic carboxylic acids is 1. The van der Waals surface area contributed by atoms with E-state index in [2.05, 4.69) is 9.97 Å². The van der Waals surface area contributed by atoms with Gasteiger partial charge in [-0.05, 0) is 33.8 Å². The minimum absolute atomic E-state index is 0.0151. The van der Waals surface area contributed by atoms with Gasteiger partial charge in [0.05, 0.1) is 33.2 Å². The molecule has 3 heterocycles. The summed E-state index contributed by atoms with van der Waals surface area (Å²) in [6.07, 6.45) is 20.2. The van der Waals surface area contributed by atoms with E-state index >= 15 is 0 Å². The third kappa shape index (κ3) is 13.3. The van der Waals surface area contributed by atoms with Crippen molar-refractivity contribution in [3.05, 3.63) is 121 Å². The lowest BCUT2D eigenvalue weighted by molar-refractivity contribution is -0.176. The summed E-state index contributed by atoms with van der Waals surface area (Å²) in [7, 11) is 2.28. The Morgan fingerprint density at radius 2 is 1.20 bits per heavy atom. The summed E-state index contributed by atoms with van der Waals surface area (Å²) >= 11 is 0. The van der Waals surface area contributed by atoms with E-state index in [1.54, 1.807) is 80.7 Å². The number of methoxy groups -OCH3 is 2. The normalized spacial score (nSPS) is 19.7. The fourth-order valence-corrected chi connectivity index (χ4v) is 5.86. The third-order valence-corrected chi connectivity index (χ3v) is 9.41. The largest absolute Gasteiger partial charge is 0.481 e. The summed E-state index contributed by atoms with van der Waals surface area (Å²) in [4.78, 5) is 85.8. The predicted molar refractivity (Wildman–Crippen MR) is 218 cm³/mol. The number of cyclic esters (lactones) is 2. The van der Waals surface area contributed by atoms with Crippen LogP contribution < -0.4 is 0 Å². The topological polar surface area (TPSA) is 241 Å². The molecule has 1 aliphatic heterocycles. The van der Waals surface area contributed by atoms with Crippen molar-refractivity contribution in [2.24, 2.45) is 10.8 Å². The number of allylic oxidation sites excluding steroid dienone is 10. The maximum absolute atomic E-state index is 13.6. The average Bonchev–Trinajstić information content (AvgIpc) is 3.93. The number of esters is 5. The first kappa shape index (κ1) is 48.5. The number of hydrogen-bond acceptors (Lipinski definition) is 16. The van der Waals surface area contributed by atoms with Crippen LogP contribution in [-0.2, 0) is 42.9 Å². The molecule has 2 aromatic rings. The Hall–Kier alpha value is -6.88. The maximum Gasteiger partial charge on any atom is 0.360 e. The molecule has 17 heteroatoms. The zero-order chi connectivity index (χ0) is 45.0. The van der Waals surface area contributed by atoms with E-state index < -0.39 is 83.9 Å². The van der Waals surface area contributed by atoms with Crippen LogP contribution in [0.25, 0.3) is 12.2 Å². The van der Waals surface area contributed by atoms with Crippen LogP contribution in [0.1, 0.15) is 86.1 Å². The molecule has 0 amide bonds. The monoisotopic (exact) mass is 846 g/mol. The van der Waals surface area contributed by atoms with Crippen molar-refractivity contribution in [2.75, 3.05) is 14.2 Å². The molecule has 2 aromatic heterocycles. The van der Waals surface area contributed by atoms with Gasteiger partial charge in [-0.3, -0.25) is 19.2 Å². The van der Waals surface area contributed by atoms with Crippen LogP contribution in [0.5, 0.6) is 0 Å². The second-order valence-electron chi connectivity index (χ2n) is 13.6. The molecule has 326 valence electrons. The number of rotatable bonds is 12. The molecule has 17 nitrogen and oxygen atoms in total. The molecule has 0 spiro atoms. The molecule has 0 fully saturated rings. The zero-order valence-electron chi connectivity index (χ0n) is 34.6. The van der Waals surface area contributed by atoms with E-state index in [0.717, 1.165) is 26.7 Å². The molecular formula is C44H50N2O15. The van der Waals surface area contributed by atoms with Gasteiger partial charge in [0.25, 0.3) is 0 Å². The summed E-state index contributed by atoms with van der Waals surface area (Å²) in [5, 5.41) is 20.1. The Kier molecular flexibility index (Phi) is 18.8. The van der Waals surface area contributed by atoms with Gasteiger partial charge < -0.3 is 42.7 Å². The molecule has 0 radical (unpaired) electrons. The molecule has 6 atom stereocenters. The maximum atomic E-state index is 13.6. The van der Waals surface area contributed by atoms with E-state index in [1.807, 2.05) is 0 Å². The Bertz CT molecular complexity index is 2100. The lowest BCUT2D eigenvalue weighted by Gasteiger charge is -2.38. The summed E-state index contributed by atoms with van der Waals surface area (Å²) in [6, 6.07) is 0. The van der Waals surface area contributed by atoms with Crippen LogP contribution in [-0.4, -0.2) is 94.6 Å². The van der Waals surface area contributed by atoms with Crippen molar-refractivity contribution in [2.45, 2.75) is 77.8 Å². The van der Waals surface area contributed by atoms with Gasteiger partial charge in [0.1, 0.15) is 41.7 Å². The average molecular weight is 847 g/mol. The number of carboxylic acid groups (broad SMARTS) is 1. The smallest absolute Gasteiger partial charge is 0.360 e. The predicted octanol–water partition coefficient (Wildman–Crippen LogP) is 6.11. The lowest BCUT2D eigenvalue weighted by atomic mass is 9.76. The first-order chi connectivity index (χ1) is 29.1. The molecule has 0 aromatic carbocycles. The number of carbonyl (C=O) groups is 6. The number of aliphatic hydroxyl groups is 1. The third-order valence-electron chi connectivity index (χ3n) is 9.41. The SMILES string of the molecule is CC=CC(O)C(C)(C(=O)OC)C1CC=CC=CC=Cc2nc(co2)C(=O)OC(C(C)(C(=O)OC)C(C=CC)OC(=O)CCC(=O)O)CC=CC=CC=Cc2nc(co2)C(=O)O1. The van der Waals surface area contributed by atoms with Gasteiger partial charge in [-0.25, -0.2) is 19.6 Å². The number of carbonyl (C=O) groups excluding carboxylic acids is 5. The van der Waals surface area contributed by atoms with Gasteiger partial charge in [0.2, 0.25) is 11.8 Å². The van der Waals surface area contributed by atoms with Crippen LogP contribution in [0, 0.1) is 10.8 Å². The number of fused-ring (bicyclic) bond motifs is 4. The highest BCUT2D eigenvalue weighted by Crippen LogP contribution is 2.37. The van der Waals surface area contributed by atoms with Crippen molar-refractivity contribution in [3.63, 3.8) is 0 Å². The van der Waals surface area contributed by atoms with Crippen molar-refractivity contribution in [3.8, 4) is 0 Å². The molecule has 6 unspecified atom stereocenters. The summed E-state index contributed by atoms with van der Waals surface area (Å²) in [5.74, 6) is -5.71. The van der Waals surface area contributed by atoms with E-state index in [1.165, 1.54) is 44.2 Å². The minimum atomic E-state index is -1.87. The number of aliphatic hydroxyl groups excluding tert-OH is 1. The fraction of sp³-hybridized carbons (Fsp3) is 0.364. The Balaban J connectivity index is 2.06. The number of ether oxygens (including phenoxy) is 5. The van der Waals surface area contributed by atoms with Crippen LogP contribution in [0.3, 0.4) is 0 Å². The lowest BCUT2D eigenvalue weighted by Crippen LogP contribution is -2.52. The minimum Gasteiger partial charge on any atom is -0.481 e. The van der Waals surface area contributed by atoms with Gasteiger partial charge in [0.15, 0.2) is 11.4 Å². The highest BCUT2D eigenvalue weighted by atomic mass is 16.6. The van der Waals surface area contributed by atoms with Crippen molar-refractivity contribution in [1.29, 1.82) is 0 Å². The van der Waals surface area contributed by atoms with E-state index in [0.29, 0.717) is 0 Å². The van der Waals surface area contributed by atoms with Gasteiger partial charge in [-0.2, -0.15) is 0 Å². The van der Waals surface area contributed by atoms with Gasteiger partial charge >= 0.3 is 35.8 Å².